The van der Waals surface area contributed by atoms with Crippen LogP contribution in [0, 0.1) is 6.92 Å². The van der Waals surface area contributed by atoms with E-state index in [1.54, 1.807) is 19.0 Å². The summed E-state index contributed by atoms with van der Waals surface area (Å²) in [5.41, 5.74) is 2.38. The molecule has 1 aromatic carbocycles. The van der Waals surface area contributed by atoms with Gasteiger partial charge in [-0.05, 0) is 26.5 Å². The number of carbonyl (C=O) groups excluding carboxylic acids is 1. The maximum atomic E-state index is 11.4. The lowest BCUT2D eigenvalue weighted by molar-refractivity contribution is -0.128. The minimum atomic E-state index is 0.142. The van der Waals surface area contributed by atoms with Gasteiger partial charge in [-0.1, -0.05) is 17.7 Å². The van der Waals surface area contributed by atoms with Gasteiger partial charge in [-0.15, -0.1) is 0 Å². The first-order valence-electron chi connectivity index (χ1n) is 6.61. The van der Waals surface area contributed by atoms with Gasteiger partial charge < -0.3 is 15.0 Å². The molecular weight excluding hydrogens is 240 g/mol. The number of ether oxygens (including phenoxy) is 1. The Labute approximate surface area is 115 Å². The molecule has 0 radical (unpaired) electrons. The van der Waals surface area contributed by atoms with Gasteiger partial charge in [0.15, 0.2) is 0 Å². The van der Waals surface area contributed by atoms with Crippen LogP contribution in [0.4, 0.5) is 0 Å². The van der Waals surface area contributed by atoms with E-state index < -0.39 is 0 Å². The quantitative estimate of drug-likeness (QED) is 0.765. The van der Waals surface area contributed by atoms with E-state index in [1.165, 1.54) is 5.56 Å². The average Bonchev–Trinajstić information content (AvgIpc) is 2.36. The maximum Gasteiger partial charge on any atom is 0.222 e. The van der Waals surface area contributed by atoms with Crippen LogP contribution in [0.3, 0.4) is 0 Å². The lowest BCUT2D eigenvalue weighted by atomic mass is 10.1. The van der Waals surface area contributed by atoms with Crippen molar-refractivity contribution in [2.75, 3.05) is 27.7 Å². The molecule has 0 saturated heterocycles. The van der Waals surface area contributed by atoms with Crippen LogP contribution in [-0.4, -0.2) is 38.6 Å². The first kappa shape index (κ1) is 15.5. The van der Waals surface area contributed by atoms with Crippen molar-refractivity contribution in [1.29, 1.82) is 0 Å². The van der Waals surface area contributed by atoms with Crippen LogP contribution in [-0.2, 0) is 11.3 Å². The molecule has 0 fully saturated rings. The molecule has 0 saturated carbocycles. The highest BCUT2D eigenvalue weighted by atomic mass is 16.5. The number of amides is 1. The van der Waals surface area contributed by atoms with Gasteiger partial charge in [0.2, 0.25) is 5.91 Å². The predicted octanol–water partition coefficient (Wildman–Crippen LogP) is 1.96. The van der Waals surface area contributed by atoms with Crippen molar-refractivity contribution in [1.82, 2.24) is 10.2 Å². The average molecular weight is 264 g/mol. The van der Waals surface area contributed by atoms with E-state index in [0.717, 1.165) is 24.3 Å². The summed E-state index contributed by atoms with van der Waals surface area (Å²) in [5, 5.41) is 3.13. The Bertz CT molecular complexity index is 417. The Morgan fingerprint density at radius 3 is 2.74 bits per heavy atom. The Balaban J connectivity index is 2.46. The van der Waals surface area contributed by atoms with E-state index in [4.69, 9.17) is 4.74 Å². The molecule has 106 valence electrons. The van der Waals surface area contributed by atoms with E-state index in [2.05, 4.69) is 18.3 Å². The fourth-order valence-corrected chi connectivity index (χ4v) is 1.81. The normalized spacial score (nSPS) is 10.3. The molecule has 0 atom stereocenters. The summed E-state index contributed by atoms with van der Waals surface area (Å²) in [6, 6.07) is 6.16. The molecule has 0 aliphatic carbocycles. The number of benzene rings is 1. The van der Waals surface area contributed by atoms with Crippen LogP contribution < -0.4 is 10.1 Å². The standard InChI is InChI=1S/C15H24N2O2/c1-12-7-8-14(13(10-12)11-16-2)19-9-5-6-15(18)17(3)4/h7-8,10,16H,5-6,9,11H2,1-4H3. The van der Waals surface area contributed by atoms with Gasteiger partial charge in [0, 0.05) is 32.6 Å². The summed E-state index contributed by atoms with van der Waals surface area (Å²) in [6.07, 6.45) is 1.27. The summed E-state index contributed by atoms with van der Waals surface area (Å²) in [4.78, 5) is 13.0. The summed E-state index contributed by atoms with van der Waals surface area (Å²) >= 11 is 0. The molecule has 1 aromatic rings. The van der Waals surface area contributed by atoms with E-state index in [0.29, 0.717) is 13.0 Å². The van der Waals surface area contributed by atoms with E-state index >= 15 is 0 Å². The van der Waals surface area contributed by atoms with E-state index in [-0.39, 0.29) is 5.91 Å². The van der Waals surface area contributed by atoms with Crippen molar-refractivity contribution in [3.63, 3.8) is 0 Å². The minimum absolute atomic E-state index is 0.142. The van der Waals surface area contributed by atoms with Crippen molar-refractivity contribution in [2.45, 2.75) is 26.3 Å². The minimum Gasteiger partial charge on any atom is -0.493 e. The Morgan fingerprint density at radius 2 is 2.11 bits per heavy atom. The summed E-state index contributed by atoms with van der Waals surface area (Å²) < 4.78 is 5.76. The second-order valence-corrected chi connectivity index (χ2v) is 4.88. The zero-order valence-electron chi connectivity index (χ0n) is 12.3. The molecular formula is C15H24N2O2. The summed E-state index contributed by atoms with van der Waals surface area (Å²) in [7, 11) is 5.46. The summed E-state index contributed by atoms with van der Waals surface area (Å²) in [6.45, 7) is 3.42. The molecule has 0 aliphatic rings. The number of rotatable bonds is 7. The van der Waals surface area contributed by atoms with Crippen molar-refractivity contribution in [3.8, 4) is 5.75 Å². The van der Waals surface area contributed by atoms with Crippen LogP contribution in [0.2, 0.25) is 0 Å². The number of nitrogens with zero attached hydrogens (tertiary/aromatic N) is 1. The zero-order valence-corrected chi connectivity index (χ0v) is 12.3. The van der Waals surface area contributed by atoms with Crippen LogP contribution in [0.5, 0.6) is 5.75 Å². The highest BCUT2D eigenvalue weighted by molar-refractivity contribution is 5.75. The topological polar surface area (TPSA) is 41.6 Å². The fourth-order valence-electron chi connectivity index (χ4n) is 1.81. The third-order valence-electron chi connectivity index (χ3n) is 2.87. The van der Waals surface area contributed by atoms with Gasteiger partial charge in [-0.2, -0.15) is 0 Å². The van der Waals surface area contributed by atoms with Gasteiger partial charge in [0.1, 0.15) is 5.75 Å². The number of carbonyl (C=O) groups is 1. The Kier molecular flexibility index (Phi) is 6.36. The van der Waals surface area contributed by atoms with Gasteiger partial charge in [-0.3, -0.25) is 4.79 Å². The molecule has 1 N–H and O–H groups in total. The largest absolute Gasteiger partial charge is 0.493 e. The Morgan fingerprint density at radius 1 is 1.37 bits per heavy atom. The molecule has 4 nitrogen and oxygen atoms in total. The third-order valence-corrected chi connectivity index (χ3v) is 2.87. The van der Waals surface area contributed by atoms with Gasteiger partial charge in [0.05, 0.1) is 6.61 Å². The van der Waals surface area contributed by atoms with Crippen LogP contribution in [0.15, 0.2) is 18.2 Å². The SMILES string of the molecule is CNCc1cc(C)ccc1OCCCC(=O)N(C)C. The van der Waals surface area contributed by atoms with Crippen LogP contribution in [0.25, 0.3) is 0 Å². The monoisotopic (exact) mass is 264 g/mol. The molecule has 0 aromatic heterocycles. The molecule has 0 heterocycles. The maximum absolute atomic E-state index is 11.4. The summed E-state index contributed by atoms with van der Waals surface area (Å²) in [5.74, 6) is 1.04. The second-order valence-electron chi connectivity index (χ2n) is 4.88. The molecule has 0 spiro atoms. The Hall–Kier alpha value is -1.55. The molecule has 0 aliphatic heterocycles. The molecule has 0 unspecified atom stereocenters. The number of nitrogens with one attached hydrogen (secondary N) is 1. The lowest BCUT2D eigenvalue weighted by Crippen LogP contribution is -2.21. The molecule has 0 bridgehead atoms. The van der Waals surface area contributed by atoms with Crippen molar-refractivity contribution in [3.05, 3.63) is 29.3 Å². The van der Waals surface area contributed by atoms with Crippen molar-refractivity contribution < 1.29 is 9.53 Å². The number of hydrogen-bond acceptors (Lipinski definition) is 3. The highest BCUT2D eigenvalue weighted by Gasteiger charge is 2.06. The van der Waals surface area contributed by atoms with Gasteiger partial charge in [0.25, 0.3) is 0 Å². The first-order chi connectivity index (χ1) is 9.04. The highest BCUT2D eigenvalue weighted by Crippen LogP contribution is 2.20. The third kappa shape index (κ3) is 5.30. The molecule has 19 heavy (non-hydrogen) atoms. The number of hydrogen-bond donors (Lipinski definition) is 1. The van der Waals surface area contributed by atoms with E-state index in [1.807, 2.05) is 19.2 Å². The molecule has 1 rings (SSSR count). The van der Waals surface area contributed by atoms with Gasteiger partial charge in [-0.25, -0.2) is 0 Å². The fraction of sp³-hybridized carbons (Fsp3) is 0.533. The number of aryl methyl sites for hydroxylation is 1. The first-order valence-corrected chi connectivity index (χ1v) is 6.61. The molecule has 1 amide bonds. The lowest BCUT2D eigenvalue weighted by Gasteiger charge is -2.13. The van der Waals surface area contributed by atoms with E-state index in [9.17, 15) is 4.79 Å². The molecule has 4 heteroatoms. The van der Waals surface area contributed by atoms with Crippen molar-refractivity contribution >= 4 is 5.91 Å². The van der Waals surface area contributed by atoms with Gasteiger partial charge >= 0.3 is 0 Å². The zero-order chi connectivity index (χ0) is 14.3. The van der Waals surface area contributed by atoms with Crippen LogP contribution in [0.1, 0.15) is 24.0 Å². The van der Waals surface area contributed by atoms with Crippen molar-refractivity contribution in [2.24, 2.45) is 0 Å². The smallest absolute Gasteiger partial charge is 0.222 e. The van der Waals surface area contributed by atoms with Crippen LogP contribution >= 0.6 is 0 Å². The predicted molar refractivity (Wildman–Crippen MR) is 77.4 cm³/mol. The second kappa shape index (κ2) is 7.79.